The monoisotopic (exact) mass is 333 g/mol. The summed E-state index contributed by atoms with van der Waals surface area (Å²) in [6, 6.07) is 8.13. The van der Waals surface area contributed by atoms with Crippen molar-refractivity contribution in [1.29, 1.82) is 0 Å². The van der Waals surface area contributed by atoms with E-state index in [0.717, 1.165) is 44.6 Å². The van der Waals surface area contributed by atoms with Gasteiger partial charge in [-0.1, -0.05) is 12.1 Å². The number of anilines is 1. The van der Waals surface area contributed by atoms with Gasteiger partial charge in [0.15, 0.2) is 0 Å². The highest BCUT2D eigenvalue weighted by molar-refractivity contribution is 5.67. The van der Waals surface area contributed by atoms with Crippen LogP contribution >= 0.6 is 0 Å². The fourth-order valence-electron chi connectivity index (χ4n) is 2.93. The first-order valence-electron chi connectivity index (χ1n) is 8.85. The van der Waals surface area contributed by atoms with Gasteiger partial charge in [-0.3, -0.25) is 0 Å². The maximum Gasteiger partial charge on any atom is 0.407 e. The van der Waals surface area contributed by atoms with Crippen LogP contribution in [0.3, 0.4) is 0 Å². The Morgan fingerprint density at radius 1 is 1.25 bits per heavy atom. The first-order valence-corrected chi connectivity index (χ1v) is 8.85. The molecule has 2 rings (SSSR count). The number of benzene rings is 1. The van der Waals surface area contributed by atoms with Crippen LogP contribution in [0.5, 0.6) is 0 Å². The number of likely N-dealkylation sites (tertiary alicyclic amines) is 1. The van der Waals surface area contributed by atoms with Gasteiger partial charge in [-0.2, -0.15) is 0 Å². The second-order valence-corrected chi connectivity index (χ2v) is 7.66. The van der Waals surface area contributed by atoms with Crippen LogP contribution in [-0.4, -0.2) is 42.8 Å². The number of amides is 1. The molecule has 1 aromatic carbocycles. The Morgan fingerprint density at radius 3 is 2.46 bits per heavy atom. The van der Waals surface area contributed by atoms with Gasteiger partial charge >= 0.3 is 6.09 Å². The van der Waals surface area contributed by atoms with E-state index >= 15 is 0 Å². The van der Waals surface area contributed by atoms with E-state index in [1.54, 1.807) is 0 Å². The van der Waals surface area contributed by atoms with Crippen molar-refractivity contribution in [1.82, 2.24) is 10.2 Å². The number of piperidine rings is 1. The first-order chi connectivity index (χ1) is 11.3. The molecule has 24 heavy (non-hydrogen) atoms. The topological polar surface area (TPSA) is 67.6 Å². The van der Waals surface area contributed by atoms with Crippen LogP contribution < -0.4 is 11.1 Å². The van der Waals surface area contributed by atoms with E-state index in [1.807, 2.05) is 32.9 Å². The molecular formula is C19H31N3O2. The fourth-order valence-corrected chi connectivity index (χ4v) is 2.93. The molecule has 0 aliphatic carbocycles. The van der Waals surface area contributed by atoms with Crippen molar-refractivity contribution in [3.8, 4) is 0 Å². The average Bonchev–Trinajstić information content (AvgIpc) is 2.52. The fraction of sp³-hybridized carbons (Fsp3) is 0.632. The lowest BCUT2D eigenvalue weighted by Crippen LogP contribution is -2.40. The van der Waals surface area contributed by atoms with Crippen LogP contribution in [0.1, 0.15) is 39.2 Å². The molecule has 0 aromatic heterocycles. The van der Waals surface area contributed by atoms with Crippen LogP contribution in [0.2, 0.25) is 0 Å². The van der Waals surface area contributed by atoms with Crippen LogP contribution in [0.15, 0.2) is 24.3 Å². The number of carbonyl (C=O) groups excluding carboxylic acids is 1. The van der Waals surface area contributed by atoms with E-state index in [-0.39, 0.29) is 6.09 Å². The summed E-state index contributed by atoms with van der Waals surface area (Å²) in [7, 11) is 0. The molecule has 1 aliphatic rings. The lowest BCUT2D eigenvalue weighted by atomic mass is 9.96. The van der Waals surface area contributed by atoms with Crippen LogP contribution in [0.25, 0.3) is 0 Å². The summed E-state index contributed by atoms with van der Waals surface area (Å²) < 4.78 is 5.28. The highest BCUT2D eigenvalue weighted by Gasteiger charge is 2.21. The predicted octanol–water partition coefficient (Wildman–Crippen LogP) is 3.05. The number of nitrogen functional groups attached to an aromatic ring is 1. The molecule has 5 nitrogen and oxygen atoms in total. The van der Waals surface area contributed by atoms with Gasteiger partial charge in [0, 0.05) is 18.8 Å². The van der Waals surface area contributed by atoms with Crippen molar-refractivity contribution in [2.45, 2.75) is 45.6 Å². The van der Waals surface area contributed by atoms with E-state index in [0.29, 0.717) is 12.5 Å². The molecule has 3 N–H and O–H groups in total. The van der Waals surface area contributed by atoms with Crippen molar-refractivity contribution in [2.24, 2.45) is 5.92 Å². The zero-order valence-corrected chi connectivity index (χ0v) is 15.2. The van der Waals surface area contributed by atoms with E-state index in [4.69, 9.17) is 10.5 Å². The largest absolute Gasteiger partial charge is 0.444 e. The third kappa shape index (κ3) is 6.79. The number of nitrogens with two attached hydrogens (primary N) is 1. The maximum atomic E-state index is 11.7. The SMILES string of the molecule is CC(C)(C)OC(=O)NCC1CCN(CCc2ccc(N)cc2)CC1. The van der Waals surface area contributed by atoms with Gasteiger partial charge in [0.2, 0.25) is 0 Å². The van der Waals surface area contributed by atoms with Crippen LogP contribution in [0, 0.1) is 5.92 Å². The molecule has 1 saturated heterocycles. The first kappa shape index (κ1) is 18.6. The van der Waals surface area contributed by atoms with Crippen molar-refractivity contribution < 1.29 is 9.53 Å². The molecule has 0 bridgehead atoms. The number of rotatable bonds is 5. The second kappa shape index (κ2) is 8.38. The Labute approximate surface area is 145 Å². The minimum absolute atomic E-state index is 0.312. The molecule has 1 aromatic rings. The number of hydrogen-bond donors (Lipinski definition) is 2. The van der Waals surface area contributed by atoms with Gasteiger partial charge in [0.25, 0.3) is 0 Å². The summed E-state index contributed by atoms with van der Waals surface area (Å²) in [6.07, 6.45) is 2.99. The molecule has 5 heteroatoms. The third-order valence-corrected chi connectivity index (χ3v) is 4.34. The van der Waals surface area contributed by atoms with E-state index < -0.39 is 5.60 Å². The number of carbonyl (C=O) groups is 1. The number of hydrogen-bond acceptors (Lipinski definition) is 4. The van der Waals surface area contributed by atoms with Crippen molar-refractivity contribution >= 4 is 11.8 Å². The Bertz CT molecular complexity index is 514. The highest BCUT2D eigenvalue weighted by atomic mass is 16.6. The van der Waals surface area contributed by atoms with Gasteiger partial charge in [0.05, 0.1) is 0 Å². The van der Waals surface area contributed by atoms with Gasteiger partial charge in [-0.05, 0) is 76.7 Å². The lowest BCUT2D eigenvalue weighted by Gasteiger charge is -2.32. The quantitative estimate of drug-likeness (QED) is 0.813. The minimum Gasteiger partial charge on any atom is -0.444 e. The normalized spacial score (nSPS) is 16.8. The molecule has 0 radical (unpaired) electrons. The zero-order chi connectivity index (χ0) is 17.6. The van der Waals surface area contributed by atoms with Gasteiger partial charge in [0.1, 0.15) is 5.60 Å². The molecule has 1 fully saturated rings. The second-order valence-electron chi connectivity index (χ2n) is 7.66. The van der Waals surface area contributed by atoms with Gasteiger partial charge in [-0.15, -0.1) is 0 Å². The minimum atomic E-state index is -0.435. The lowest BCUT2D eigenvalue weighted by molar-refractivity contribution is 0.0510. The van der Waals surface area contributed by atoms with Crippen molar-refractivity contribution in [2.75, 3.05) is 31.9 Å². The molecule has 0 unspecified atom stereocenters. The number of nitrogens with one attached hydrogen (secondary N) is 1. The Balaban J connectivity index is 1.62. The third-order valence-electron chi connectivity index (χ3n) is 4.34. The highest BCUT2D eigenvalue weighted by Crippen LogP contribution is 2.17. The van der Waals surface area contributed by atoms with Crippen LogP contribution in [-0.2, 0) is 11.2 Å². The molecule has 134 valence electrons. The summed E-state index contributed by atoms with van der Waals surface area (Å²) in [5.41, 5.74) is 7.43. The Morgan fingerprint density at radius 2 is 1.88 bits per heavy atom. The number of alkyl carbamates (subject to hydrolysis) is 1. The molecule has 0 atom stereocenters. The predicted molar refractivity (Wildman–Crippen MR) is 98.0 cm³/mol. The molecule has 0 spiro atoms. The molecule has 0 saturated carbocycles. The van der Waals surface area contributed by atoms with Crippen molar-refractivity contribution in [3.05, 3.63) is 29.8 Å². The number of ether oxygens (including phenoxy) is 1. The molecule has 1 amide bonds. The summed E-state index contributed by atoms with van der Waals surface area (Å²) in [5, 5.41) is 2.90. The Kier molecular flexibility index (Phi) is 6.49. The van der Waals surface area contributed by atoms with E-state index in [2.05, 4.69) is 22.3 Å². The molecule has 1 aliphatic heterocycles. The summed E-state index contributed by atoms with van der Waals surface area (Å²) in [4.78, 5) is 14.2. The summed E-state index contributed by atoms with van der Waals surface area (Å²) in [5.74, 6) is 0.547. The van der Waals surface area contributed by atoms with Crippen LogP contribution in [0.4, 0.5) is 10.5 Å². The maximum absolute atomic E-state index is 11.7. The molecular weight excluding hydrogens is 302 g/mol. The van der Waals surface area contributed by atoms with Gasteiger partial charge in [-0.25, -0.2) is 4.79 Å². The summed E-state index contributed by atoms with van der Waals surface area (Å²) >= 11 is 0. The zero-order valence-electron chi connectivity index (χ0n) is 15.2. The van der Waals surface area contributed by atoms with Gasteiger partial charge < -0.3 is 20.7 Å². The smallest absolute Gasteiger partial charge is 0.407 e. The molecule has 1 heterocycles. The average molecular weight is 333 g/mol. The van der Waals surface area contributed by atoms with Crippen molar-refractivity contribution in [3.63, 3.8) is 0 Å². The van der Waals surface area contributed by atoms with E-state index in [9.17, 15) is 4.79 Å². The van der Waals surface area contributed by atoms with E-state index in [1.165, 1.54) is 5.56 Å². The standard InChI is InChI=1S/C19H31N3O2/c1-19(2,3)24-18(23)21-14-16-9-12-22(13-10-16)11-8-15-4-6-17(20)7-5-15/h4-7,16H,8-14,20H2,1-3H3,(H,21,23). The summed E-state index contributed by atoms with van der Waals surface area (Å²) in [6.45, 7) is 9.62. The Hall–Kier alpha value is -1.75. The number of nitrogens with zero attached hydrogens (tertiary/aromatic N) is 1.